The molecule has 0 amide bonds. The smallest absolute Gasteiger partial charge is 0.209 e. The summed E-state index contributed by atoms with van der Waals surface area (Å²) in [4.78, 5) is 0. The Morgan fingerprint density at radius 1 is 1.40 bits per heavy atom. The standard InChI is InChI=1S/C9H19N5S/c1-3-5-8-15-9-11-12-13-14(9)7-6-10-4-2/h10H,3-8H2,1-2H3. The van der Waals surface area contributed by atoms with Crippen LogP contribution < -0.4 is 5.32 Å². The second-order valence-corrected chi connectivity index (χ2v) is 4.30. The van der Waals surface area contributed by atoms with Crippen LogP contribution in [0.25, 0.3) is 0 Å². The Balaban J connectivity index is 2.32. The van der Waals surface area contributed by atoms with Gasteiger partial charge in [-0.1, -0.05) is 32.0 Å². The zero-order valence-corrected chi connectivity index (χ0v) is 10.3. The Morgan fingerprint density at radius 2 is 2.27 bits per heavy atom. The zero-order valence-electron chi connectivity index (χ0n) is 9.44. The average Bonchev–Trinajstić information content (AvgIpc) is 2.67. The van der Waals surface area contributed by atoms with Gasteiger partial charge >= 0.3 is 0 Å². The van der Waals surface area contributed by atoms with Gasteiger partial charge in [-0.25, -0.2) is 4.68 Å². The highest BCUT2D eigenvalue weighted by Gasteiger charge is 2.04. The van der Waals surface area contributed by atoms with Gasteiger partial charge in [-0.3, -0.25) is 0 Å². The second-order valence-electron chi connectivity index (χ2n) is 3.24. The first-order chi connectivity index (χ1) is 7.38. The van der Waals surface area contributed by atoms with Crippen LogP contribution in [0.1, 0.15) is 26.7 Å². The van der Waals surface area contributed by atoms with E-state index in [0.717, 1.165) is 30.5 Å². The molecule has 0 unspecified atom stereocenters. The maximum absolute atomic E-state index is 4.00. The van der Waals surface area contributed by atoms with Crippen molar-refractivity contribution in [2.45, 2.75) is 38.4 Å². The van der Waals surface area contributed by atoms with Crippen molar-refractivity contribution >= 4 is 11.8 Å². The van der Waals surface area contributed by atoms with E-state index in [1.165, 1.54) is 12.8 Å². The summed E-state index contributed by atoms with van der Waals surface area (Å²) in [5, 5.41) is 15.8. The second kappa shape index (κ2) is 7.64. The van der Waals surface area contributed by atoms with Crippen LogP contribution in [0.4, 0.5) is 0 Å². The van der Waals surface area contributed by atoms with E-state index in [9.17, 15) is 0 Å². The van der Waals surface area contributed by atoms with Crippen LogP contribution in [0, 0.1) is 0 Å². The van der Waals surface area contributed by atoms with E-state index < -0.39 is 0 Å². The normalized spacial score (nSPS) is 10.8. The van der Waals surface area contributed by atoms with Gasteiger partial charge in [0.15, 0.2) is 0 Å². The van der Waals surface area contributed by atoms with Gasteiger partial charge in [0.1, 0.15) is 0 Å². The van der Waals surface area contributed by atoms with E-state index in [-0.39, 0.29) is 0 Å². The lowest BCUT2D eigenvalue weighted by Crippen LogP contribution is -2.20. The van der Waals surface area contributed by atoms with Crippen molar-refractivity contribution in [2.24, 2.45) is 0 Å². The molecule has 0 radical (unpaired) electrons. The van der Waals surface area contributed by atoms with Crippen molar-refractivity contribution in [3.63, 3.8) is 0 Å². The van der Waals surface area contributed by atoms with Crippen LogP contribution >= 0.6 is 11.8 Å². The SMILES string of the molecule is CCCCSc1nnnn1CCNCC. The minimum atomic E-state index is 0.843. The molecular formula is C9H19N5S. The fourth-order valence-corrected chi connectivity index (χ4v) is 2.10. The molecule has 1 aromatic rings. The summed E-state index contributed by atoms with van der Waals surface area (Å²) in [7, 11) is 0. The minimum absolute atomic E-state index is 0.843. The summed E-state index contributed by atoms with van der Waals surface area (Å²) in [6.45, 7) is 7.03. The third-order valence-corrected chi connectivity index (χ3v) is 3.02. The molecule has 0 fully saturated rings. The molecule has 0 spiro atoms. The third-order valence-electron chi connectivity index (χ3n) is 1.98. The van der Waals surface area contributed by atoms with E-state index >= 15 is 0 Å². The van der Waals surface area contributed by atoms with Crippen molar-refractivity contribution in [3.05, 3.63) is 0 Å². The molecule has 1 heterocycles. The van der Waals surface area contributed by atoms with Crippen LogP contribution in [0.2, 0.25) is 0 Å². The molecular weight excluding hydrogens is 210 g/mol. The van der Waals surface area contributed by atoms with Crippen molar-refractivity contribution in [2.75, 3.05) is 18.8 Å². The summed E-state index contributed by atoms with van der Waals surface area (Å²) in [6, 6.07) is 0. The molecule has 86 valence electrons. The Bertz CT molecular complexity index is 238. The molecule has 0 atom stereocenters. The molecule has 0 aliphatic rings. The summed E-state index contributed by atoms with van der Waals surface area (Å²) in [6.07, 6.45) is 2.43. The fourth-order valence-electron chi connectivity index (χ4n) is 1.11. The van der Waals surface area contributed by atoms with Crippen LogP contribution in [-0.4, -0.2) is 39.0 Å². The topological polar surface area (TPSA) is 55.6 Å². The van der Waals surface area contributed by atoms with E-state index in [1.807, 2.05) is 4.68 Å². The Kier molecular flexibility index (Phi) is 6.34. The first kappa shape index (κ1) is 12.4. The number of likely N-dealkylation sites (N-methyl/N-ethyl adjacent to an activating group) is 1. The quantitative estimate of drug-likeness (QED) is 0.536. The van der Waals surface area contributed by atoms with Gasteiger partial charge in [0, 0.05) is 12.3 Å². The molecule has 0 aromatic carbocycles. The Labute approximate surface area is 95.0 Å². The summed E-state index contributed by atoms with van der Waals surface area (Å²) < 4.78 is 1.86. The van der Waals surface area contributed by atoms with E-state index in [2.05, 4.69) is 34.7 Å². The maximum atomic E-state index is 4.00. The van der Waals surface area contributed by atoms with Crippen molar-refractivity contribution < 1.29 is 0 Å². The van der Waals surface area contributed by atoms with Gasteiger partial charge < -0.3 is 5.32 Å². The molecule has 0 saturated heterocycles. The number of tetrazole rings is 1. The van der Waals surface area contributed by atoms with Gasteiger partial charge in [-0.05, 0) is 23.4 Å². The van der Waals surface area contributed by atoms with Crippen LogP contribution in [-0.2, 0) is 6.54 Å². The van der Waals surface area contributed by atoms with Gasteiger partial charge in [-0.2, -0.15) is 0 Å². The number of aromatic nitrogens is 4. The lowest BCUT2D eigenvalue weighted by molar-refractivity contribution is 0.517. The van der Waals surface area contributed by atoms with Crippen molar-refractivity contribution in [1.29, 1.82) is 0 Å². The van der Waals surface area contributed by atoms with Crippen LogP contribution in [0.5, 0.6) is 0 Å². The molecule has 0 saturated carbocycles. The highest BCUT2D eigenvalue weighted by Crippen LogP contribution is 2.14. The average molecular weight is 229 g/mol. The van der Waals surface area contributed by atoms with Crippen molar-refractivity contribution in [3.8, 4) is 0 Å². The van der Waals surface area contributed by atoms with Crippen LogP contribution in [0.15, 0.2) is 5.16 Å². The highest BCUT2D eigenvalue weighted by atomic mass is 32.2. The molecule has 0 bridgehead atoms. The number of unbranched alkanes of at least 4 members (excludes halogenated alkanes) is 1. The van der Waals surface area contributed by atoms with Gasteiger partial charge in [0.2, 0.25) is 5.16 Å². The number of rotatable bonds is 8. The number of hydrogen-bond donors (Lipinski definition) is 1. The molecule has 15 heavy (non-hydrogen) atoms. The first-order valence-electron chi connectivity index (χ1n) is 5.48. The monoisotopic (exact) mass is 229 g/mol. The predicted octanol–water partition coefficient (Wildman–Crippen LogP) is 1.17. The van der Waals surface area contributed by atoms with E-state index in [1.54, 1.807) is 11.8 Å². The molecule has 1 rings (SSSR count). The van der Waals surface area contributed by atoms with Gasteiger partial charge in [0.25, 0.3) is 0 Å². The number of nitrogens with zero attached hydrogens (tertiary/aromatic N) is 4. The lowest BCUT2D eigenvalue weighted by atomic mass is 10.4. The number of hydrogen-bond acceptors (Lipinski definition) is 5. The van der Waals surface area contributed by atoms with Gasteiger partial charge in [-0.15, -0.1) is 5.10 Å². The fraction of sp³-hybridized carbons (Fsp3) is 0.889. The molecule has 1 N–H and O–H groups in total. The summed E-state index contributed by atoms with van der Waals surface area (Å²) in [5.74, 6) is 1.10. The summed E-state index contributed by atoms with van der Waals surface area (Å²) in [5.41, 5.74) is 0. The molecule has 5 nitrogen and oxygen atoms in total. The number of nitrogens with one attached hydrogen (secondary N) is 1. The molecule has 0 aliphatic carbocycles. The van der Waals surface area contributed by atoms with E-state index in [0.29, 0.717) is 0 Å². The zero-order chi connectivity index (χ0) is 10.9. The molecule has 0 aliphatic heterocycles. The first-order valence-corrected chi connectivity index (χ1v) is 6.46. The summed E-state index contributed by atoms with van der Waals surface area (Å²) >= 11 is 1.74. The molecule has 6 heteroatoms. The largest absolute Gasteiger partial charge is 0.315 e. The van der Waals surface area contributed by atoms with Crippen molar-refractivity contribution in [1.82, 2.24) is 25.5 Å². The Hall–Kier alpha value is -0.620. The minimum Gasteiger partial charge on any atom is -0.315 e. The van der Waals surface area contributed by atoms with Crippen LogP contribution in [0.3, 0.4) is 0 Å². The Morgan fingerprint density at radius 3 is 3.00 bits per heavy atom. The lowest BCUT2D eigenvalue weighted by Gasteiger charge is -2.03. The predicted molar refractivity (Wildman–Crippen MR) is 62.0 cm³/mol. The van der Waals surface area contributed by atoms with Gasteiger partial charge in [0.05, 0.1) is 6.54 Å². The maximum Gasteiger partial charge on any atom is 0.209 e. The van der Waals surface area contributed by atoms with E-state index in [4.69, 9.17) is 0 Å². The highest BCUT2D eigenvalue weighted by molar-refractivity contribution is 7.99. The number of thioether (sulfide) groups is 1. The third kappa shape index (κ3) is 4.61. The molecule has 1 aromatic heterocycles.